The number of sulfonamides is 1. The monoisotopic (exact) mass is 330 g/mol. The molecule has 2 rings (SSSR count). The highest BCUT2D eigenvalue weighted by molar-refractivity contribution is 7.89. The Hall–Kier alpha value is -0.620. The predicted molar refractivity (Wildman–Crippen MR) is 87.9 cm³/mol. The molecule has 22 heavy (non-hydrogen) atoms. The van der Waals surface area contributed by atoms with Gasteiger partial charge in [0.2, 0.25) is 15.9 Å². The van der Waals surface area contributed by atoms with E-state index in [0.29, 0.717) is 13.1 Å². The minimum atomic E-state index is -3.19. The molecule has 0 unspecified atom stereocenters. The maximum Gasteiger partial charge on any atom is 0.225 e. The lowest BCUT2D eigenvalue weighted by Crippen LogP contribution is -2.48. The Kier molecular flexibility index (Phi) is 5.54. The number of hydrogen-bond acceptors (Lipinski definition) is 3. The summed E-state index contributed by atoms with van der Waals surface area (Å²) < 4.78 is 27.2. The van der Waals surface area contributed by atoms with Crippen molar-refractivity contribution in [1.82, 2.24) is 9.62 Å². The van der Waals surface area contributed by atoms with Crippen LogP contribution in [0.1, 0.15) is 59.3 Å². The molecule has 0 aromatic rings. The van der Waals surface area contributed by atoms with E-state index in [1.807, 2.05) is 25.7 Å². The normalized spacial score (nSPS) is 22.1. The van der Waals surface area contributed by atoms with Crippen LogP contribution in [0.3, 0.4) is 0 Å². The van der Waals surface area contributed by atoms with E-state index in [2.05, 4.69) is 4.72 Å². The summed E-state index contributed by atoms with van der Waals surface area (Å²) in [5.74, 6) is 0.590. The van der Waals surface area contributed by atoms with Gasteiger partial charge in [-0.1, -0.05) is 20.8 Å². The molecule has 1 saturated carbocycles. The summed E-state index contributed by atoms with van der Waals surface area (Å²) >= 11 is 0. The highest BCUT2D eigenvalue weighted by Crippen LogP contribution is 2.45. The van der Waals surface area contributed by atoms with Crippen molar-refractivity contribution in [1.29, 1.82) is 0 Å². The smallest absolute Gasteiger partial charge is 0.225 e. The average Bonchev–Trinajstić information content (AvgIpc) is 3.16. The third kappa shape index (κ3) is 4.69. The van der Waals surface area contributed by atoms with Gasteiger partial charge >= 0.3 is 0 Å². The third-order valence-electron chi connectivity index (χ3n) is 5.13. The van der Waals surface area contributed by atoms with Gasteiger partial charge in [0.25, 0.3) is 0 Å². The Morgan fingerprint density at radius 1 is 1.23 bits per heavy atom. The third-order valence-corrected chi connectivity index (χ3v) is 6.90. The summed E-state index contributed by atoms with van der Waals surface area (Å²) in [6.45, 7) is 7.46. The van der Waals surface area contributed by atoms with Crippen LogP contribution in [0.25, 0.3) is 0 Å². The number of nitrogens with one attached hydrogen (secondary N) is 1. The molecule has 0 spiro atoms. The Morgan fingerprint density at radius 3 is 2.23 bits per heavy atom. The van der Waals surface area contributed by atoms with E-state index in [-0.39, 0.29) is 29.0 Å². The molecule has 1 N–H and O–H groups in total. The van der Waals surface area contributed by atoms with Crippen LogP contribution >= 0.6 is 0 Å². The lowest BCUT2D eigenvalue weighted by Gasteiger charge is -2.34. The van der Waals surface area contributed by atoms with Gasteiger partial charge in [0, 0.05) is 25.0 Å². The second kappa shape index (κ2) is 6.87. The average molecular weight is 330 g/mol. The zero-order valence-corrected chi connectivity index (χ0v) is 14.9. The second-order valence-electron chi connectivity index (χ2n) is 7.30. The molecule has 0 atom stereocenters. The summed E-state index contributed by atoms with van der Waals surface area (Å²) in [4.78, 5) is 14.2. The molecule has 1 aliphatic heterocycles. The summed E-state index contributed by atoms with van der Waals surface area (Å²) in [5.41, 5.74) is -0.00201. The van der Waals surface area contributed by atoms with Gasteiger partial charge in [0.05, 0.1) is 5.75 Å². The Morgan fingerprint density at radius 2 is 1.77 bits per heavy atom. The lowest BCUT2D eigenvalue weighted by atomic mass is 9.99. The van der Waals surface area contributed by atoms with Gasteiger partial charge in [0.15, 0.2) is 0 Å². The van der Waals surface area contributed by atoms with E-state index < -0.39 is 10.0 Å². The van der Waals surface area contributed by atoms with E-state index in [0.717, 1.165) is 38.5 Å². The van der Waals surface area contributed by atoms with Crippen LogP contribution in [0.4, 0.5) is 0 Å². The van der Waals surface area contributed by atoms with E-state index in [1.165, 1.54) is 0 Å². The fourth-order valence-corrected chi connectivity index (χ4v) is 5.26. The van der Waals surface area contributed by atoms with Crippen molar-refractivity contribution in [3.63, 3.8) is 0 Å². The Bertz CT molecular complexity index is 488. The molecule has 0 bridgehead atoms. The predicted octanol–water partition coefficient (Wildman–Crippen LogP) is 2.13. The van der Waals surface area contributed by atoms with Crippen molar-refractivity contribution in [2.75, 3.05) is 18.8 Å². The fourth-order valence-electron chi connectivity index (χ4n) is 3.23. The zero-order chi connectivity index (χ0) is 16.4. The number of likely N-dealkylation sites (tertiary alicyclic amines) is 1. The van der Waals surface area contributed by atoms with Crippen LogP contribution in [0, 0.1) is 11.3 Å². The lowest BCUT2D eigenvalue weighted by molar-refractivity contribution is -0.136. The molecule has 1 saturated heterocycles. The molecule has 128 valence electrons. The molecule has 5 nitrogen and oxygen atoms in total. The molecule has 0 aromatic carbocycles. The number of piperidine rings is 1. The van der Waals surface area contributed by atoms with Crippen molar-refractivity contribution in [2.45, 2.75) is 65.3 Å². The SMILES string of the molecule is CCC(CC)C(=O)N1CCC(NS(=O)(=O)CC2(C)CC2)CC1. The number of carbonyl (C=O) groups excluding carboxylic acids is 1. The maximum atomic E-state index is 12.3. The van der Waals surface area contributed by atoms with Crippen molar-refractivity contribution in [2.24, 2.45) is 11.3 Å². The van der Waals surface area contributed by atoms with Gasteiger partial charge in [-0.25, -0.2) is 13.1 Å². The van der Waals surface area contributed by atoms with E-state index in [4.69, 9.17) is 0 Å². The van der Waals surface area contributed by atoms with Gasteiger partial charge in [-0.2, -0.15) is 0 Å². The maximum absolute atomic E-state index is 12.3. The first-order valence-electron chi connectivity index (χ1n) is 8.57. The van der Waals surface area contributed by atoms with Crippen LogP contribution < -0.4 is 4.72 Å². The quantitative estimate of drug-likeness (QED) is 0.777. The van der Waals surface area contributed by atoms with Crippen LogP contribution in [-0.2, 0) is 14.8 Å². The van der Waals surface area contributed by atoms with Crippen molar-refractivity contribution < 1.29 is 13.2 Å². The van der Waals surface area contributed by atoms with Crippen LogP contribution in [0.5, 0.6) is 0 Å². The molecule has 0 aromatic heterocycles. The van der Waals surface area contributed by atoms with Crippen molar-refractivity contribution in [3.8, 4) is 0 Å². The largest absolute Gasteiger partial charge is 0.342 e. The number of rotatable bonds is 7. The first-order valence-corrected chi connectivity index (χ1v) is 10.2. The number of amides is 1. The standard InChI is InChI=1S/C16H30N2O3S/c1-4-13(5-2)15(19)18-10-6-14(7-11-18)17-22(20,21)12-16(3)8-9-16/h13-14,17H,4-12H2,1-3H3. The molecular weight excluding hydrogens is 300 g/mol. The Balaban J connectivity index is 1.80. The van der Waals surface area contributed by atoms with E-state index in [9.17, 15) is 13.2 Å². The zero-order valence-electron chi connectivity index (χ0n) is 14.1. The number of nitrogens with zero attached hydrogens (tertiary/aromatic N) is 1. The molecule has 0 radical (unpaired) electrons. The summed E-state index contributed by atoms with van der Waals surface area (Å²) in [7, 11) is -3.19. The molecule has 6 heteroatoms. The van der Waals surface area contributed by atoms with E-state index >= 15 is 0 Å². The van der Waals surface area contributed by atoms with Gasteiger partial charge in [-0.3, -0.25) is 4.79 Å². The number of hydrogen-bond donors (Lipinski definition) is 1. The van der Waals surface area contributed by atoms with Crippen LogP contribution in [0.2, 0.25) is 0 Å². The van der Waals surface area contributed by atoms with Gasteiger partial charge in [-0.15, -0.1) is 0 Å². The minimum absolute atomic E-state index is 0.00201. The molecule has 1 amide bonds. The topological polar surface area (TPSA) is 66.5 Å². The fraction of sp³-hybridized carbons (Fsp3) is 0.938. The van der Waals surface area contributed by atoms with Gasteiger partial charge in [-0.05, 0) is 43.9 Å². The molecule has 2 fully saturated rings. The minimum Gasteiger partial charge on any atom is -0.342 e. The van der Waals surface area contributed by atoms with Gasteiger partial charge < -0.3 is 4.90 Å². The second-order valence-corrected chi connectivity index (χ2v) is 9.05. The molecule has 2 aliphatic rings. The molecule has 1 aliphatic carbocycles. The highest BCUT2D eigenvalue weighted by Gasteiger charge is 2.42. The molecular formula is C16H30N2O3S. The van der Waals surface area contributed by atoms with Crippen LogP contribution in [0.15, 0.2) is 0 Å². The Labute approximate surface area is 134 Å². The summed E-state index contributed by atoms with van der Waals surface area (Å²) in [6.07, 6.45) is 5.22. The summed E-state index contributed by atoms with van der Waals surface area (Å²) in [5, 5.41) is 0. The van der Waals surface area contributed by atoms with Gasteiger partial charge in [0.1, 0.15) is 0 Å². The number of carbonyl (C=O) groups is 1. The van der Waals surface area contributed by atoms with Crippen molar-refractivity contribution in [3.05, 3.63) is 0 Å². The first-order chi connectivity index (χ1) is 10.3. The van der Waals surface area contributed by atoms with Crippen LogP contribution in [-0.4, -0.2) is 44.1 Å². The summed E-state index contributed by atoms with van der Waals surface area (Å²) in [6, 6.07) is -0.0156. The first kappa shape index (κ1) is 17.7. The highest BCUT2D eigenvalue weighted by atomic mass is 32.2. The van der Waals surface area contributed by atoms with Crippen molar-refractivity contribution >= 4 is 15.9 Å². The van der Waals surface area contributed by atoms with E-state index in [1.54, 1.807) is 0 Å². The molecule has 1 heterocycles.